The van der Waals surface area contributed by atoms with Gasteiger partial charge in [-0.1, -0.05) is 6.07 Å². The van der Waals surface area contributed by atoms with Gasteiger partial charge in [0.2, 0.25) is 0 Å². The van der Waals surface area contributed by atoms with E-state index in [2.05, 4.69) is 21.2 Å². The van der Waals surface area contributed by atoms with Crippen molar-refractivity contribution in [1.82, 2.24) is 0 Å². The molecule has 0 unspecified atom stereocenters. The lowest BCUT2D eigenvalue weighted by molar-refractivity contribution is 0.102. The molecule has 3 N–H and O–H groups in total. The van der Waals surface area contributed by atoms with Crippen LogP contribution < -0.4 is 11.1 Å². The number of hydrogen-bond acceptors (Lipinski definition) is 2. The lowest BCUT2D eigenvalue weighted by atomic mass is 10.1. The molecule has 0 spiro atoms. The van der Waals surface area contributed by atoms with Crippen LogP contribution in [0.25, 0.3) is 0 Å². The van der Waals surface area contributed by atoms with Gasteiger partial charge in [-0.25, -0.2) is 0 Å². The van der Waals surface area contributed by atoms with Crippen LogP contribution in [0.1, 0.15) is 21.5 Å². The Labute approximate surface area is 121 Å². The fraction of sp³-hybridized carbons (Fsp3) is 0.133. The van der Waals surface area contributed by atoms with Crippen molar-refractivity contribution in [3.05, 3.63) is 57.6 Å². The first-order chi connectivity index (χ1) is 8.95. The lowest BCUT2D eigenvalue weighted by Gasteiger charge is -2.09. The second-order valence-corrected chi connectivity index (χ2v) is 5.42. The zero-order valence-corrected chi connectivity index (χ0v) is 12.4. The number of amides is 1. The second kappa shape index (κ2) is 5.45. The summed E-state index contributed by atoms with van der Waals surface area (Å²) >= 11 is 3.42. The van der Waals surface area contributed by atoms with Gasteiger partial charge >= 0.3 is 0 Å². The van der Waals surface area contributed by atoms with Crippen molar-refractivity contribution in [2.45, 2.75) is 13.8 Å². The number of nitrogens with two attached hydrogens (primary N) is 1. The Morgan fingerprint density at radius 1 is 1.11 bits per heavy atom. The summed E-state index contributed by atoms with van der Waals surface area (Å²) in [4.78, 5) is 12.2. The fourth-order valence-electron chi connectivity index (χ4n) is 1.87. The molecule has 2 aromatic rings. The highest BCUT2D eigenvalue weighted by atomic mass is 79.9. The van der Waals surface area contributed by atoms with E-state index in [4.69, 9.17) is 5.73 Å². The highest BCUT2D eigenvalue weighted by molar-refractivity contribution is 9.10. The Balaban J connectivity index is 2.28. The number of nitrogens with one attached hydrogen (secondary N) is 1. The van der Waals surface area contributed by atoms with E-state index in [0.29, 0.717) is 11.3 Å². The van der Waals surface area contributed by atoms with Crippen molar-refractivity contribution >= 4 is 33.2 Å². The van der Waals surface area contributed by atoms with E-state index >= 15 is 0 Å². The molecule has 0 saturated carbocycles. The summed E-state index contributed by atoms with van der Waals surface area (Å²) in [6.07, 6.45) is 0. The molecule has 0 heterocycles. The summed E-state index contributed by atoms with van der Waals surface area (Å²) < 4.78 is 0.854. The third-order valence-electron chi connectivity index (χ3n) is 2.73. The van der Waals surface area contributed by atoms with Crippen LogP contribution in [0, 0.1) is 13.8 Å². The minimum atomic E-state index is -0.165. The molecule has 0 bridgehead atoms. The molecule has 3 nitrogen and oxygen atoms in total. The van der Waals surface area contributed by atoms with Gasteiger partial charge < -0.3 is 11.1 Å². The number of nitrogen functional groups attached to an aromatic ring is 1. The van der Waals surface area contributed by atoms with Crippen LogP contribution in [-0.2, 0) is 0 Å². The van der Waals surface area contributed by atoms with Gasteiger partial charge in [-0.05, 0) is 71.2 Å². The molecule has 0 atom stereocenters. The van der Waals surface area contributed by atoms with Gasteiger partial charge in [0.25, 0.3) is 5.91 Å². The molecule has 0 fully saturated rings. The van der Waals surface area contributed by atoms with Crippen molar-refractivity contribution in [3.63, 3.8) is 0 Å². The molecule has 98 valence electrons. The van der Waals surface area contributed by atoms with E-state index < -0.39 is 0 Å². The molecular weight excluding hydrogens is 304 g/mol. The van der Waals surface area contributed by atoms with Gasteiger partial charge in [0, 0.05) is 15.7 Å². The summed E-state index contributed by atoms with van der Waals surface area (Å²) in [5.41, 5.74) is 9.71. The number of benzene rings is 2. The maximum atomic E-state index is 12.2. The van der Waals surface area contributed by atoms with E-state index in [1.807, 2.05) is 44.2 Å². The highest BCUT2D eigenvalue weighted by Crippen LogP contribution is 2.24. The van der Waals surface area contributed by atoms with E-state index in [0.717, 1.165) is 21.3 Å². The van der Waals surface area contributed by atoms with Crippen molar-refractivity contribution in [1.29, 1.82) is 0 Å². The molecule has 0 aromatic heterocycles. The van der Waals surface area contributed by atoms with Crippen LogP contribution in [0.3, 0.4) is 0 Å². The first-order valence-corrected chi connectivity index (χ1v) is 6.69. The molecule has 2 aromatic carbocycles. The second-order valence-electron chi connectivity index (χ2n) is 4.57. The molecule has 0 radical (unpaired) electrons. The number of rotatable bonds is 2. The summed E-state index contributed by atoms with van der Waals surface area (Å²) in [5.74, 6) is -0.165. The van der Waals surface area contributed by atoms with Crippen molar-refractivity contribution in [3.8, 4) is 0 Å². The average Bonchev–Trinajstić information content (AvgIpc) is 2.32. The monoisotopic (exact) mass is 318 g/mol. The SMILES string of the molecule is Cc1cc(N)cc(C(=O)Nc2cc(C)ccc2Br)c1. The van der Waals surface area contributed by atoms with Gasteiger partial charge in [-0.15, -0.1) is 0 Å². The maximum Gasteiger partial charge on any atom is 0.255 e. The van der Waals surface area contributed by atoms with Crippen LogP contribution in [0.4, 0.5) is 11.4 Å². The average molecular weight is 319 g/mol. The Bertz CT molecular complexity index is 618. The van der Waals surface area contributed by atoms with Crippen LogP contribution >= 0.6 is 15.9 Å². The zero-order valence-electron chi connectivity index (χ0n) is 10.8. The normalized spacial score (nSPS) is 10.3. The molecular formula is C15H15BrN2O. The Morgan fingerprint density at radius 2 is 1.84 bits per heavy atom. The van der Waals surface area contributed by atoms with Crippen molar-refractivity contribution < 1.29 is 4.79 Å². The molecule has 0 saturated heterocycles. The molecule has 2 rings (SSSR count). The van der Waals surface area contributed by atoms with Crippen LogP contribution in [0.2, 0.25) is 0 Å². The standard InChI is InChI=1S/C15H15BrN2O/c1-9-3-4-13(16)14(7-9)18-15(19)11-5-10(2)6-12(17)8-11/h3-8H,17H2,1-2H3,(H,18,19). The topological polar surface area (TPSA) is 55.1 Å². The molecule has 0 aliphatic heterocycles. The summed E-state index contributed by atoms with van der Waals surface area (Å²) in [6, 6.07) is 11.1. The van der Waals surface area contributed by atoms with Crippen LogP contribution in [-0.4, -0.2) is 5.91 Å². The highest BCUT2D eigenvalue weighted by Gasteiger charge is 2.09. The molecule has 0 aliphatic carbocycles. The van der Waals surface area contributed by atoms with Gasteiger partial charge in [-0.2, -0.15) is 0 Å². The number of carbonyl (C=O) groups is 1. The smallest absolute Gasteiger partial charge is 0.255 e. The fourth-order valence-corrected chi connectivity index (χ4v) is 2.22. The van der Waals surface area contributed by atoms with E-state index in [1.54, 1.807) is 6.07 Å². The first kappa shape index (κ1) is 13.6. The lowest BCUT2D eigenvalue weighted by Crippen LogP contribution is -2.13. The summed E-state index contributed by atoms with van der Waals surface area (Å²) in [5, 5.41) is 2.88. The Morgan fingerprint density at radius 3 is 2.53 bits per heavy atom. The number of halogens is 1. The van der Waals surface area contributed by atoms with E-state index in [1.165, 1.54) is 0 Å². The van der Waals surface area contributed by atoms with Gasteiger partial charge in [0.05, 0.1) is 5.69 Å². The first-order valence-electron chi connectivity index (χ1n) is 5.90. The van der Waals surface area contributed by atoms with Gasteiger partial charge in [-0.3, -0.25) is 4.79 Å². The number of carbonyl (C=O) groups excluding carboxylic acids is 1. The molecule has 1 amide bonds. The predicted molar refractivity (Wildman–Crippen MR) is 82.4 cm³/mol. The molecule has 4 heteroatoms. The zero-order chi connectivity index (χ0) is 14.0. The van der Waals surface area contributed by atoms with Gasteiger partial charge in [0.15, 0.2) is 0 Å². The van der Waals surface area contributed by atoms with Crippen molar-refractivity contribution in [2.24, 2.45) is 0 Å². The maximum absolute atomic E-state index is 12.2. The van der Waals surface area contributed by atoms with Crippen molar-refractivity contribution in [2.75, 3.05) is 11.1 Å². The van der Waals surface area contributed by atoms with Crippen LogP contribution in [0.5, 0.6) is 0 Å². The number of aryl methyl sites for hydroxylation is 2. The summed E-state index contributed by atoms with van der Waals surface area (Å²) in [6.45, 7) is 3.89. The van der Waals surface area contributed by atoms with Crippen LogP contribution in [0.15, 0.2) is 40.9 Å². The molecule has 0 aliphatic rings. The third-order valence-corrected chi connectivity index (χ3v) is 3.42. The van der Waals surface area contributed by atoms with E-state index in [-0.39, 0.29) is 5.91 Å². The number of anilines is 2. The molecule has 19 heavy (non-hydrogen) atoms. The van der Waals surface area contributed by atoms with E-state index in [9.17, 15) is 4.79 Å². The summed E-state index contributed by atoms with van der Waals surface area (Å²) in [7, 11) is 0. The van der Waals surface area contributed by atoms with Gasteiger partial charge in [0.1, 0.15) is 0 Å². The number of hydrogen-bond donors (Lipinski definition) is 2. The largest absolute Gasteiger partial charge is 0.399 e. The third kappa shape index (κ3) is 3.35. The Hall–Kier alpha value is -1.81. The minimum absolute atomic E-state index is 0.165. The predicted octanol–water partition coefficient (Wildman–Crippen LogP) is 3.90. The Kier molecular flexibility index (Phi) is 3.90. The quantitative estimate of drug-likeness (QED) is 0.825. The minimum Gasteiger partial charge on any atom is -0.399 e.